The number of halogens is 2. The Balaban J connectivity index is 1.77. The van der Waals surface area contributed by atoms with Crippen molar-refractivity contribution in [2.24, 2.45) is 0 Å². The van der Waals surface area contributed by atoms with Crippen LogP contribution in [-0.4, -0.2) is 28.5 Å². The zero-order chi connectivity index (χ0) is 24.8. The minimum Gasteiger partial charge on any atom is -0.343 e. The van der Waals surface area contributed by atoms with Crippen LogP contribution in [0.1, 0.15) is 55.7 Å². The summed E-state index contributed by atoms with van der Waals surface area (Å²) >= 11 is 0. The van der Waals surface area contributed by atoms with Gasteiger partial charge in [0.05, 0.1) is 0 Å². The second kappa shape index (κ2) is 11.3. The van der Waals surface area contributed by atoms with E-state index >= 15 is 0 Å². The summed E-state index contributed by atoms with van der Waals surface area (Å²) in [6, 6.07) is 21.1. The third-order valence-corrected chi connectivity index (χ3v) is 6.45. The van der Waals surface area contributed by atoms with Crippen molar-refractivity contribution >= 4 is 16.8 Å². The normalized spacial score (nSPS) is 12.1. The Morgan fingerprint density at radius 3 is 2.09 bits per heavy atom. The average Bonchev–Trinajstić information content (AvgIpc) is 3.22. The van der Waals surface area contributed by atoms with Crippen molar-refractivity contribution < 1.29 is 13.6 Å². The number of carbonyl (C=O) groups excluding carboxylic acids is 1. The number of hydrogen-bond donors (Lipinski definition) is 0. The molecule has 0 bridgehead atoms. The number of benzene rings is 3. The van der Waals surface area contributed by atoms with Crippen LogP contribution in [0.25, 0.3) is 10.9 Å². The number of aromatic nitrogens is 1. The summed E-state index contributed by atoms with van der Waals surface area (Å²) in [4.78, 5) is 15.4. The summed E-state index contributed by atoms with van der Waals surface area (Å²) in [5.41, 5.74) is 3.99. The summed E-state index contributed by atoms with van der Waals surface area (Å²) in [6.45, 7) is 6.21. The number of fused-ring (bicyclic) bond motifs is 1. The first-order chi connectivity index (χ1) is 17.0. The summed E-state index contributed by atoms with van der Waals surface area (Å²) in [5.74, 6) is -0.654. The van der Waals surface area contributed by atoms with Gasteiger partial charge in [-0.25, -0.2) is 8.78 Å². The van der Waals surface area contributed by atoms with E-state index in [1.165, 1.54) is 24.3 Å². The highest BCUT2D eigenvalue weighted by molar-refractivity contribution is 5.87. The van der Waals surface area contributed by atoms with E-state index < -0.39 is 0 Å². The maximum atomic E-state index is 13.8. The van der Waals surface area contributed by atoms with E-state index in [9.17, 15) is 13.6 Å². The van der Waals surface area contributed by atoms with E-state index in [0.29, 0.717) is 13.0 Å². The molecule has 5 heteroatoms. The van der Waals surface area contributed by atoms with Crippen LogP contribution in [0.15, 0.2) is 79.0 Å². The molecule has 0 aliphatic heterocycles. The number of rotatable bonds is 10. The maximum absolute atomic E-state index is 13.8. The Morgan fingerprint density at radius 1 is 0.857 bits per heavy atom. The Labute approximate surface area is 206 Å². The van der Waals surface area contributed by atoms with E-state index in [1.807, 2.05) is 17.0 Å². The van der Waals surface area contributed by atoms with Crippen LogP contribution in [0.3, 0.4) is 0 Å². The van der Waals surface area contributed by atoms with Crippen LogP contribution in [0.4, 0.5) is 8.78 Å². The fourth-order valence-electron chi connectivity index (χ4n) is 4.78. The van der Waals surface area contributed by atoms with E-state index in [1.54, 1.807) is 24.3 Å². The summed E-state index contributed by atoms with van der Waals surface area (Å²) in [5, 5.41) is 1.06. The Hall–Kier alpha value is -3.47. The zero-order valence-corrected chi connectivity index (χ0v) is 20.4. The minimum absolute atomic E-state index is 0.110. The lowest BCUT2D eigenvalue weighted by atomic mass is 9.87. The predicted molar refractivity (Wildman–Crippen MR) is 137 cm³/mol. The van der Waals surface area contributed by atoms with Gasteiger partial charge < -0.3 is 9.47 Å². The number of para-hydroxylation sites is 1. The van der Waals surface area contributed by atoms with Crippen molar-refractivity contribution in [1.82, 2.24) is 9.47 Å². The summed E-state index contributed by atoms with van der Waals surface area (Å²) < 4.78 is 29.3. The topological polar surface area (TPSA) is 25.2 Å². The van der Waals surface area contributed by atoms with Gasteiger partial charge in [-0.2, -0.15) is 0 Å². The molecule has 0 fully saturated rings. The second-order valence-corrected chi connectivity index (χ2v) is 9.05. The van der Waals surface area contributed by atoms with Gasteiger partial charge in [-0.05, 0) is 59.9 Å². The molecule has 1 atom stereocenters. The Kier molecular flexibility index (Phi) is 7.96. The molecule has 4 rings (SSSR count). The van der Waals surface area contributed by atoms with Crippen molar-refractivity contribution in [3.8, 4) is 0 Å². The van der Waals surface area contributed by atoms with E-state index in [4.69, 9.17) is 0 Å². The van der Waals surface area contributed by atoms with Crippen LogP contribution in [0.5, 0.6) is 0 Å². The van der Waals surface area contributed by atoms with Gasteiger partial charge in [-0.15, -0.1) is 0 Å². The molecule has 1 unspecified atom stereocenters. The maximum Gasteiger partial charge on any atom is 0.223 e. The van der Waals surface area contributed by atoms with Gasteiger partial charge in [0.1, 0.15) is 11.6 Å². The molecule has 4 aromatic rings. The van der Waals surface area contributed by atoms with E-state index in [-0.39, 0.29) is 23.5 Å². The molecule has 0 spiro atoms. The number of hydrogen-bond acceptors (Lipinski definition) is 1. The fraction of sp³-hybridized carbons (Fsp3) is 0.300. The molecule has 0 aliphatic rings. The average molecular weight is 475 g/mol. The molecule has 0 N–H and O–H groups in total. The number of nitrogens with zero attached hydrogens (tertiary/aromatic N) is 2. The van der Waals surface area contributed by atoms with Gasteiger partial charge >= 0.3 is 0 Å². The predicted octanol–water partition coefficient (Wildman–Crippen LogP) is 7.14. The molecule has 3 nitrogen and oxygen atoms in total. The minimum atomic E-state index is -0.295. The molecule has 3 aromatic carbocycles. The smallest absolute Gasteiger partial charge is 0.223 e. The SMILES string of the molecule is CCCN(CCC)C(=O)CC(c1ccc(F)cc1)c1cn(Cc2ccc(F)cc2)c2ccccc12. The van der Waals surface area contributed by atoms with Gasteiger partial charge in [0.25, 0.3) is 0 Å². The Morgan fingerprint density at radius 2 is 1.46 bits per heavy atom. The highest BCUT2D eigenvalue weighted by Gasteiger charge is 2.25. The first-order valence-corrected chi connectivity index (χ1v) is 12.4. The molecule has 0 saturated heterocycles. The van der Waals surface area contributed by atoms with Crippen LogP contribution >= 0.6 is 0 Å². The molecular weight excluding hydrogens is 442 g/mol. The van der Waals surface area contributed by atoms with Gasteiger partial charge in [-0.3, -0.25) is 4.79 Å². The van der Waals surface area contributed by atoms with Gasteiger partial charge in [0.2, 0.25) is 5.91 Å². The number of amides is 1. The molecule has 0 saturated carbocycles. The van der Waals surface area contributed by atoms with Crippen LogP contribution in [-0.2, 0) is 11.3 Å². The standard InChI is InChI=1S/C30H32F2N2O/c1-3-17-33(18-4-2)30(35)19-27(23-11-15-25(32)16-12-23)28-21-34(29-8-6-5-7-26(28)29)20-22-9-13-24(31)14-10-22/h5-16,21,27H,3-4,17-20H2,1-2H3. The van der Waals surface area contributed by atoms with Gasteiger partial charge in [0.15, 0.2) is 0 Å². The van der Waals surface area contributed by atoms with E-state index in [0.717, 1.165) is 53.5 Å². The van der Waals surface area contributed by atoms with Crippen LogP contribution in [0.2, 0.25) is 0 Å². The lowest BCUT2D eigenvalue weighted by Gasteiger charge is -2.25. The molecule has 1 aromatic heterocycles. The largest absolute Gasteiger partial charge is 0.343 e. The molecule has 1 amide bonds. The van der Waals surface area contributed by atoms with Crippen molar-refractivity contribution in [1.29, 1.82) is 0 Å². The molecular formula is C30H32F2N2O. The van der Waals surface area contributed by atoms with Crippen molar-refractivity contribution in [3.63, 3.8) is 0 Å². The molecule has 0 aliphatic carbocycles. The molecule has 1 heterocycles. The summed E-state index contributed by atoms with van der Waals surface area (Å²) in [6.07, 6.45) is 4.23. The highest BCUT2D eigenvalue weighted by Crippen LogP contribution is 2.35. The molecule has 182 valence electrons. The first kappa shape index (κ1) is 24.6. The quantitative estimate of drug-likeness (QED) is 0.240. The monoisotopic (exact) mass is 474 g/mol. The lowest BCUT2D eigenvalue weighted by Crippen LogP contribution is -2.33. The molecule has 0 radical (unpaired) electrons. The lowest BCUT2D eigenvalue weighted by molar-refractivity contribution is -0.131. The zero-order valence-electron chi connectivity index (χ0n) is 20.4. The highest BCUT2D eigenvalue weighted by atomic mass is 19.1. The number of carbonyl (C=O) groups is 1. The van der Waals surface area contributed by atoms with Crippen molar-refractivity contribution in [3.05, 3.63) is 107 Å². The van der Waals surface area contributed by atoms with Crippen LogP contribution < -0.4 is 0 Å². The van der Waals surface area contributed by atoms with Gasteiger partial charge in [-0.1, -0.05) is 56.3 Å². The third kappa shape index (κ3) is 5.79. The van der Waals surface area contributed by atoms with Crippen molar-refractivity contribution in [2.45, 2.75) is 45.6 Å². The van der Waals surface area contributed by atoms with Crippen LogP contribution in [0, 0.1) is 11.6 Å². The first-order valence-electron chi connectivity index (χ1n) is 12.4. The summed E-state index contributed by atoms with van der Waals surface area (Å²) in [7, 11) is 0. The third-order valence-electron chi connectivity index (χ3n) is 6.45. The van der Waals surface area contributed by atoms with Gasteiger partial charge in [0, 0.05) is 49.1 Å². The molecule has 35 heavy (non-hydrogen) atoms. The van der Waals surface area contributed by atoms with Crippen molar-refractivity contribution in [2.75, 3.05) is 13.1 Å². The Bertz CT molecular complexity index is 1260. The second-order valence-electron chi connectivity index (χ2n) is 9.05. The van der Waals surface area contributed by atoms with E-state index in [2.05, 4.69) is 36.7 Å². The fourth-order valence-corrected chi connectivity index (χ4v) is 4.78.